The van der Waals surface area contributed by atoms with Gasteiger partial charge >= 0.3 is 0 Å². The molecule has 0 saturated carbocycles. The number of hydrogen-bond donors (Lipinski definition) is 4. The van der Waals surface area contributed by atoms with Gasteiger partial charge in [-0.15, -0.1) is 11.3 Å². The summed E-state index contributed by atoms with van der Waals surface area (Å²) in [5, 5.41) is 5.87. The summed E-state index contributed by atoms with van der Waals surface area (Å²) in [6, 6.07) is 9.61. The van der Waals surface area contributed by atoms with Gasteiger partial charge in [0, 0.05) is 10.6 Å². The number of benzene rings is 1. The highest BCUT2D eigenvalue weighted by molar-refractivity contribution is 7.14. The molecule has 0 bridgehead atoms. The normalized spacial score (nSPS) is 19.9. The molecule has 2 amide bonds. The molecule has 0 atom stereocenters. The molecule has 3 rings (SSSR count). The first kappa shape index (κ1) is 18.8. The molecule has 26 heavy (non-hydrogen) atoms. The van der Waals surface area contributed by atoms with Crippen molar-refractivity contribution in [3.8, 4) is 0 Å². The van der Waals surface area contributed by atoms with Crippen LogP contribution in [-0.2, 0) is 11.3 Å². The fourth-order valence-electron chi connectivity index (χ4n) is 3.24. The van der Waals surface area contributed by atoms with Crippen molar-refractivity contribution in [2.45, 2.75) is 6.54 Å². The summed E-state index contributed by atoms with van der Waals surface area (Å²) in [4.78, 5) is 26.4. The lowest BCUT2D eigenvalue weighted by Gasteiger charge is -2.29. The average molecular weight is 395 g/mol. The lowest BCUT2D eigenvalue weighted by molar-refractivity contribution is -1.02. The number of rotatable bonds is 6. The van der Waals surface area contributed by atoms with E-state index in [1.807, 2.05) is 18.2 Å². The van der Waals surface area contributed by atoms with Crippen molar-refractivity contribution in [2.24, 2.45) is 5.73 Å². The van der Waals surface area contributed by atoms with Crippen LogP contribution in [0.25, 0.3) is 0 Å². The summed E-state index contributed by atoms with van der Waals surface area (Å²) >= 11 is 7.36. The SMILES string of the molecule is NC(=O)c1ccsc1NC(=O)C[NH+]1CC[NH+](Cc2cccc(Cl)c2)CC1. The molecule has 1 saturated heterocycles. The first-order valence-corrected chi connectivity index (χ1v) is 9.86. The molecule has 8 heteroatoms. The highest BCUT2D eigenvalue weighted by atomic mass is 35.5. The minimum absolute atomic E-state index is 0.0803. The maximum atomic E-state index is 12.3. The van der Waals surface area contributed by atoms with Gasteiger partial charge in [0.15, 0.2) is 6.54 Å². The van der Waals surface area contributed by atoms with Crippen LogP contribution in [0.1, 0.15) is 15.9 Å². The molecule has 0 aliphatic carbocycles. The third-order valence-electron chi connectivity index (χ3n) is 4.60. The van der Waals surface area contributed by atoms with Gasteiger partial charge in [0.2, 0.25) is 0 Å². The van der Waals surface area contributed by atoms with Crippen molar-refractivity contribution in [1.82, 2.24) is 0 Å². The van der Waals surface area contributed by atoms with Crippen molar-refractivity contribution < 1.29 is 19.4 Å². The maximum absolute atomic E-state index is 12.3. The first-order valence-electron chi connectivity index (χ1n) is 8.60. The Labute approximate surface area is 161 Å². The van der Waals surface area contributed by atoms with E-state index >= 15 is 0 Å². The monoisotopic (exact) mass is 394 g/mol. The van der Waals surface area contributed by atoms with E-state index in [1.165, 1.54) is 26.7 Å². The van der Waals surface area contributed by atoms with Gasteiger partial charge in [-0.2, -0.15) is 0 Å². The van der Waals surface area contributed by atoms with Crippen LogP contribution in [-0.4, -0.2) is 44.5 Å². The van der Waals surface area contributed by atoms with Crippen molar-refractivity contribution in [1.29, 1.82) is 0 Å². The first-order chi connectivity index (χ1) is 12.5. The van der Waals surface area contributed by atoms with Crippen molar-refractivity contribution in [3.05, 3.63) is 51.9 Å². The number of piperazine rings is 1. The molecule has 0 radical (unpaired) electrons. The summed E-state index contributed by atoms with van der Waals surface area (Å²) in [7, 11) is 0. The molecule has 2 aromatic rings. The number of anilines is 1. The largest absolute Gasteiger partial charge is 0.366 e. The van der Waals surface area contributed by atoms with Gasteiger partial charge in [-0.25, -0.2) is 0 Å². The number of amides is 2. The highest BCUT2D eigenvalue weighted by Gasteiger charge is 2.25. The van der Waals surface area contributed by atoms with Crippen LogP contribution in [0, 0.1) is 0 Å². The predicted molar refractivity (Wildman–Crippen MR) is 103 cm³/mol. The second-order valence-corrected chi connectivity index (χ2v) is 7.91. The molecule has 138 valence electrons. The minimum Gasteiger partial charge on any atom is -0.366 e. The number of primary amides is 1. The van der Waals surface area contributed by atoms with E-state index in [4.69, 9.17) is 17.3 Å². The second kappa shape index (κ2) is 8.64. The lowest BCUT2D eigenvalue weighted by atomic mass is 10.2. The van der Waals surface area contributed by atoms with Gasteiger partial charge in [-0.1, -0.05) is 23.7 Å². The Kier molecular flexibility index (Phi) is 6.26. The molecule has 1 aromatic heterocycles. The zero-order valence-electron chi connectivity index (χ0n) is 14.4. The van der Waals surface area contributed by atoms with E-state index in [9.17, 15) is 9.59 Å². The van der Waals surface area contributed by atoms with Gasteiger partial charge < -0.3 is 20.9 Å². The summed E-state index contributed by atoms with van der Waals surface area (Å²) in [6.45, 7) is 5.27. The number of hydrogen-bond acceptors (Lipinski definition) is 3. The van der Waals surface area contributed by atoms with Gasteiger partial charge in [0.05, 0.1) is 5.56 Å². The molecule has 1 aliphatic heterocycles. The van der Waals surface area contributed by atoms with E-state index in [-0.39, 0.29) is 5.91 Å². The smallest absolute Gasteiger partial charge is 0.280 e. The quantitative estimate of drug-likeness (QED) is 0.529. The Morgan fingerprint density at radius 2 is 1.88 bits per heavy atom. The maximum Gasteiger partial charge on any atom is 0.280 e. The topological polar surface area (TPSA) is 81.1 Å². The Bertz CT molecular complexity index is 787. The van der Waals surface area contributed by atoms with Crippen LogP contribution < -0.4 is 20.9 Å². The van der Waals surface area contributed by atoms with Crippen molar-refractivity contribution >= 4 is 39.8 Å². The fourth-order valence-corrected chi connectivity index (χ4v) is 4.27. The number of nitrogens with two attached hydrogens (primary N) is 1. The van der Waals surface area contributed by atoms with E-state index < -0.39 is 5.91 Å². The summed E-state index contributed by atoms with van der Waals surface area (Å²) in [5.74, 6) is -0.602. The average Bonchev–Trinajstić information content (AvgIpc) is 3.05. The third kappa shape index (κ3) is 5.04. The van der Waals surface area contributed by atoms with E-state index in [1.54, 1.807) is 11.4 Å². The van der Waals surface area contributed by atoms with E-state index in [0.29, 0.717) is 17.1 Å². The van der Waals surface area contributed by atoms with E-state index in [0.717, 1.165) is 37.7 Å². The molecule has 1 aromatic carbocycles. The van der Waals surface area contributed by atoms with Gasteiger partial charge in [0.1, 0.15) is 37.7 Å². The summed E-state index contributed by atoms with van der Waals surface area (Å²) < 4.78 is 0. The molecule has 0 spiro atoms. The van der Waals surface area contributed by atoms with Crippen LogP contribution in [0.2, 0.25) is 5.02 Å². The van der Waals surface area contributed by atoms with Crippen LogP contribution in [0.5, 0.6) is 0 Å². The molecule has 0 unspecified atom stereocenters. The van der Waals surface area contributed by atoms with Crippen LogP contribution in [0.15, 0.2) is 35.7 Å². The minimum atomic E-state index is -0.521. The van der Waals surface area contributed by atoms with Crippen LogP contribution in [0.3, 0.4) is 0 Å². The standard InChI is InChI=1S/C18H21ClN4O2S/c19-14-3-1-2-13(10-14)11-22-5-7-23(8-6-22)12-16(24)21-18-15(17(20)25)4-9-26-18/h1-4,9-10H,5-8,11-12H2,(H2,20,25)(H,21,24)/p+2. The summed E-state index contributed by atoms with van der Waals surface area (Å²) in [5.41, 5.74) is 6.92. The Hall–Kier alpha value is -1.93. The zero-order chi connectivity index (χ0) is 18.5. The molecular weight excluding hydrogens is 372 g/mol. The lowest BCUT2D eigenvalue weighted by Crippen LogP contribution is -3.28. The van der Waals surface area contributed by atoms with E-state index in [2.05, 4.69) is 11.4 Å². The fraction of sp³-hybridized carbons (Fsp3) is 0.333. The number of thiophene rings is 1. The third-order valence-corrected chi connectivity index (χ3v) is 5.67. The predicted octanol–water partition coefficient (Wildman–Crippen LogP) is -0.577. The van der Waals surface area contributed by atoms with Crippen LogP contribution in [0.4, 0.5) is 5.00 Å². The van der Waals surface area contributed by atoms with Crippen molar-refractivity contribution in [3.63, 3.8) is 0 Å². The number of nitrogens with one attached hydrogen (secondary N) is 3. The number of carbonyl (C=O) groups excluding carboxylic acids is 2. The van der Waals surface area contributed by atoms with Gasteiger partial charge in [-0.05, 0) is 23.6 Å². The molecule has 6 nitrogen and oxygen atoms in total. The van der Waals surface area contributed by atoms with Crippen LogP contribution >= 0.6 is 22.9 Å². The highest BCUT2D eigenvalue weighted by Crippen LogP contribution is 2.22. The molecule has 5 N–H and O–H groups in total. The number of carbonyl (C=O) groups is 2. The van der Waals surface area contributed by atoms with Crippen molar-refractivity contribution in [2.75, 3.05) is 38.0 Å². The Morgan fingerprint density at radius 3 is 2.58 bits per heavy atom. The summed E-state index contributed by atoms with van der Waals surface area (Å²) in [6.07, 6.45) is 0. The molecule has 1 fully saturated rings. The number of quaternary nitrogens is 2. The van der Waals surface area contributed by atoms with Gasteiger partial charge in [0.25, 0.3) is 11.8 Å². The second-order valence-electron chi connectivity index (χ2n) is 6.56. The number of halogens is 1. The molecular formula is C18H23ClN4O2S+2. The van der Waals surface area contributed by atoms with Gasteiger partial charge in [-0.3, -0.25) is 9.59 Å². The molecule has 2 heterocycles. The zero-order valence-corrected chi connectivity index (χ0v) is 16.0. The molecule has 1 aliphatic rings. The Balaban J connectivity index is 1.45. The Morgan fingerprint density at radius 1 is 1.15 bits per heavy atom.